The summed E-state index contributed by atoms with van der Waals surface area (Å²) in [5.74, 6) is 0. The van der Waals surface area contributed by atoms with Crippen molar-refractivity contribution in [3.05, 3.63) is 53.9 Å². The van der Waals surface area contributed by atoms with Crippen molar-refractivity contribution < 1.29 is 9.90 Å². The number of aliphatic hydroxyl groups excluding tert-OH is 1. The molecule has 0 aliphatic carbocycles. The Kier molecular flexibility index (Phi) is 5.55. The zero-order valence-corrected chi connectivity index (χ0v) is 12.9. The molecular weight excluding hydrogens is 280 g/mol. The van der Waals surface area contributed by atoms with Gasteiger partial charge < -0.3 is 15.7 Å². The number of hydrogen-bond acceptors (Lipinski definition) is 3. The number of amides is 2. The fourth-order valence-electron chi connectivity index (χ4n) is 2.23. The van der Waals surface area contributed by atoms with Crippen molar-refractivity contribution in [1.82, 2.24) is 20.4 Å². The molecule has 2 rings (SSSR count). The fraction of sp³-hybridized carbons (Fsp3) is 0.375. The molecule has 22 heavy (non-hydrogen) atoms. The Bertz CT molecular complexity index is 597. The number of rotatable bonds is 6. The van der Waals surface area contributed by atoms with Crippen LogP contribution in [0.25, 0.3) is 0 Å². The second kappa shape index (κ2) is 7.61. The molecule has 1 heterocycles. The lowest BCUT2D eigenvalue weighted by molar-refractivity contribution is 0.213. The number of carbonyl (C=O) groups is 1. The van der Waals surface area contributed by atoms with E-state index in [0.29, 0.717) is 6.42 Å². The number of urea groups is 1. The van der Waals surface area contributed by atoms with Crippen molar-refractivity contribution in [2.45, 2.75) is 25.4 Å². The number of nitrogens with zero attached hydrogens (tertiary/aromatic N) is 2. The van der Waals surface area contributed by atoms with Gasteiger partial charge in [-0.2, -0.15) is 5.10 Å². The molecular formula is C16H22N4O2. The van der Waals surface area contributed by atoms with E-state index in [1.54, 1.807) is 10.9 Å². The highest BCUT2D eigenvalue weighted by Crippen LogP contribution is 2.10. The second-order valence-electron chi connectivity index (χ2n) is 5.36. The van der Waals surface area contributed by atoms with Gasteiger partial charge in [0.05, 0.1) is 24.9 Å². The maximum Gasteiger partial charge on any atom is 0.315 e. The van der Waals surface area contributed by atoms with Crippen molar-refractivity contribution in [1.29, 1.82) is 0 Å². The molecule has 0 radical (unpaired) electrons. The highest BCUT2D eigenvalue weighted by molar-refractivity contribution is 5.74. The molecule has 0 spiro atoms. The third kappa shape index (κ3) is 4.60. The molecule has 118 valence electrons. The summed E-state index contributed by atoms with van der Waals surface area (Å²) in [7, 11) is 1.83. The van der Waals surface area contributed by atoms with Crippen LogP contribution in [0.15, 0.2) is 42.7 Å². The molecule has 0 aliphatic heterocycles. The maximum atomic E-state index is 12.0. The van der Waals surface area contributed by atoms with Crippen LogP contribution in [0.2, 0.25) is 0 Å². The van der Waals surface area contributed by atoms with Gasteiger partial charge in [-0.25, -0.2) is 4.79 Å². The number of benzene rings is 1. The van der Waals surface area contributed by atoms with Crippen LogP contribution in [0.3, 0.4) is 0 Å². The van der Waals surface area contributed by atoms with E-state index in [2.05, 4.69) is 15.7 Å². The van der Waals surface area contributed by atoms with Crippen LogP contribution < -0.4 is 10.6 Å². The number of aliphatic hydroxyl groups is 1. The Labute approximate surface area is 130 Å². The molecule has 2 atom stereocenters. The van der Waals surface area contributed by atoms with Gasteiger partial charge in [0.25, 0.3) is 0 Å². The number of nitrogens with one attached hydrogen (secondary N) is 2. The molecule has 1 aromatic heterocycles. The van der Waals surface area contributed by atoms with E-state index in [9.17, 15) is 9.90 Å². The molecule has 2 aromatic rings. The summed E-state index contributed by atoms with van der Waals surface area (Å²) in [6.45, 7) is 1.78. The minimum atomic E-state index is -0.316. The Hall–Kier alpha value is -2.34. The monoisotopic (exact) mass is 302 g/mol. The first-order chi connectivity index (χ1) is 10.6. The molecule has 0 aliphatic rings. The van der Waals surface area contributed by atoms with Gasteiger partial charge in [0, 0.05) is 18.8 Å². The maximum absolute atomic E-state index is 12.0. The lowest BCUT2D eigenvalue weighted by Crippen LogP contribution is -2.45. The predicted molar refractivity (Wildman–Crippen MR) is 84.3 cm³/mol. The van der Waals surface area contributed by atoms with Gasteiger partial charge in [0.2, 0.25) is 0 Å². The Balaban J connectivity index is 1.86. The van der Waals surface area contributed by atoms with Crippen LogP contribution in [0.4, 0.5) is 4.79 Å². The molecule has 2 amide bonds. The van der Waals surface area contributed by atoms with E-state index in [0.717, 1.165) is 11.1 Å². The minimum Gasteiger partial charge on any atom is -0.394 e. The number of hydrogen-bond donors (Lipinski definition) is 3. The van der Waals surface area contributed by atoms with Crippen molar-refractivity contribution in [2.75, 3.05) is 6.61 Å². The van der Waals surface area contributed by atoms with Gasteiger partial charge in [0.1, 0.15) is 0 Å². The molecule has 0 saturated heterocycles. The Morgan fingerprint density at radius 1 is 1.32 bits per heavy atom. The van der Waals surface area contributed by atoms with Crippen LogP contribution in [-0.4, -0.2) is 33.6 Å². The third-order valence-electron chi connectivity index (χ3n) is 3.45. The SMILES string of the molecule is CC(NC(=O)N[C@H](CO)Cc1ccccc1)c1cnn(C)c1. The molecule has 0 bridgehead atoms. The molecule has 0 saturated carbocycles. The van der Waals surface area contributed by atoms with Crippen molar-refractivity contribution >= 4 is 6.03 Å². The van der Waals surface area contributed by atoms with Gasteiger partial charge >= 0.3 is 6.03 Å². The highest BCUT2D eigenvalue weighted by Gasteiger charge is 2.15. The van der Waals surface area contributed by atoms with E-state index in [-0.39, 0.29) is 24.7 Å². The number of carbonyl (C=O) groups excluding carboxylic acids is 1. The summed E-state index contributed by atoms with van der Waals surface area (Å²) in [5.41, 5.74) is 2.00. The third-order valence-corrected chi connectivity index (χ3v) is 3.45. The number of aromatic nitrogens is 2. The Morgan fingerprint density at radius 2 is 2.05 bits per heavy atom. The minimum absolute atomic E-state index is 0.108. The smallest absolute Gasteiger partial charge is 0.315 e. The fourth-order valence-corrected chi connectivity index (χ4v) is 2.23. The zero-order valence-electron chi connectivity index (χ0n) is 12.9. The van der Waals surface area contributed by atoms with Crippen molar-refractivity contribution in [3.63, 3.8) is 0 Å². The molecule has 6 nitrogen and oxygen atoms in total. The predicted octanol–water partition coefficient (Wildman–Crippen LogP) is 1.38. The highest BCUT2D eigenvalue weighted by atomic mass is 16.3. The Morgan fingerprint density at radius 3 is 2.64 bits per heavy atom. The first-order valence-electron chi connectivity index (χ1n) is 7.29. The first kappa shape index (κ1) is 16.0. The topological polar surface area (TPSA) is 79.2 Å². The zero-order chi connectivity index (χ0) is 15.9. The normalized spacial score (nSPS) is 13.4. The lowest BCUT2D eigenvalue weighted by atomic mass is 10.1. The molecule has 1 unspecified atom stereocenters. The van der Waals surface area contributed by atoms with Crippen LogP contribution in [0, 0.1) is 0 Å². The first-order valence-corrected chi connectivity index (χ1v) is 7.29. The molecule has 0 fully saturated rings. The van der Waals surface area contributed by atoms with E-state index < -0.39 is 0 Å². The average molecular weight is 302 g/mol. The molecule has 6 heteroatoms. The van der Waals surface area contributed by atoms with E-state index in [1.807, 2.05) is 50.5 Å². The quantitative estimate of drug-likeness (QED) is 0.754. The van der Waals surface area contributed by atoms with Crippen LogP contribution in [0.5, 0.6) is 0 Å². The standard InChI is InChI=1S/C16H22N4O2/c1-12(14-9-17-20(2)10-14)18-16(22)19-15(11-21)8-13-6-4-3-5-7-13/h3-7,9-10,12,15,21H,8,11H2,1-2H3,(H2,18,19,22)/t12?,15-/m0/s1. The summed E-state index contributed by atoms with van der Waals surface area (Å²) < 4.78 is 1.69. The van der Waals surface area contributed by atoms with Gasteiger partial charge in [-0.15, -0.1) is 0 Å². The van der Waals surface area contributed by atoms with Crippen molar-refractivity contribution in [3.8, 4) is 0 Å². The van der Waals surface area contributed by atoms with Crippen LogP contribution in [0.1, 0.15) is 24.1 Å². The van der Waals surface area contributed by atoms with E-state index in [4.69, 9.17) is 0 Å². The summed E-state index contributed by atoms with van der Waals surface area (Å²) in [6, 6.07) is 9.00. The average Bonchev–Trinajstić information content (AvgIpc) is 2.94. The molecule has 3 N–H and O–H groups in total. The van der Waals surface area contributed by atoms with Crippen molar-refractivity contribution in [2.24, 2.45) is 7.05 Å². The van der Waals surface area contributed by atoms with Crippen LogP contribution >= 0.6 is 0 Å². The number of aryl methyl sites for hydroxylation is 1. The summed E-state index contributed by atoms with van der Waals surface area (Å²) in [6.07, 6.45) is 4.17. The van der Waals surface area contributed by atoms with Crippen LogP contribution in [-0.2, 0) is 13.5 Å². The largest absolute Gasteiger partial charge is 0.394 e. The lowest BCUT2D eigenvalue weighted by Gasteiger charge is -2.19. The van der Waals surface area contributed by atoms with Gasteiger partial charge in [-0.3, -0.25) is 4.68 Å². The summed E-state index contributed by atoms with van der Waals surface area (Å²) >= 11 is 0. The summed E-state index contributed by atoms with van der Waals surface area (Å²) in [5, 5.41) is 19.2. The van der Waals surface area contributed by atoms with E-state index >= 15 is 0 Å². The van der Waals surface area contributed by atoms with Gasteiger partial charge in [-0.05, 0) is 18.9 Å². The summed E-state index contributed by atoms with van der Waals surface area (Å²) in [4.78, 5) is 12.0. The van der Waals surface area contributed by atoms with Gasteiger partial charge in [-0.1, -0.05) is 30.3 Å². The van der Waals surface area contributed by atoms with Gasteiger partial charge in [0.15, 0.2) is 0 Å². The second-order valence-corrected chi connectivity index (χ2v) is 5.36. The molecule has 1 aromatic carbocycles. The van der Waals surface area contributed by atoms with E-state index in [1.165, 1.54) is 0 Å².